The Morgan fingerprint density at radius 2 is 2.04 bits per heavy atom. The highest BCUT2D eigenvalue weighted by molar-refractivity contribution is 5.92. The molecule has 0 aliphatic carbocycles. The number of benzene rings is 1. The van der Waals surface area contributed by atoms with E-state index >= 15 is 0 Å². The summed E-state index contributed by atoms with van der Waals surface area (Å²) in [6, 6.07) is 11.7. The second-order valence-corrected chi connectivity index (χ2v) is 6.18. The standard InChI is InChI=1S/C20H22N4O/c1-13-20(16-6-4-5-7-17(16)23-13)14(2)24(3)19(25)11-9-15-8-10-18(21)22-12-15/h4-12,14,23H,1-3H3,(H2,21,22)/b11-9+. The van der Waals surface area contributed by atoms with Gasteiger partial charge >= 0.3 is 0 Å². The first kappa shape index (κ1) is 16.8. The molecule has 3 rings (SSSR count). The minimum atomic E-state index is -0.0611. The van der Waals surface area contributed by atoms with Crippen LogP contribution in [0.5, 0.6) is 0 Å². The maximum absolute atomic E-state index is 12.6. The third kappa shape index (κ3) is 3.40. The van der Waals surface area contributed by atoms with Gasteiger partial charge in [0.25, 0.3) is 0 Å². The van der Waals surface area contributed by atoms with E-state index in [1.807, 2.05) is 45.2 Å². The fourth-order valence-corrected chi connectivity index (χ4v) is 3.02. The minimum Gasteiger partial charge on any atom is -0.384 e. The van der Waals surface area contributed by atoms with Crippen molar-refractivity contribution in [1.82, 2.24) is 14.9 Å². The summed E-state index contributed by atoms with van der Waals surface area (Å²) in [6.45, 7) is 4.08. The number of aromatic amines is 1. The van der Waals surface area contributed by atoms with E-state index in [0.29, 0.717) is 5.82 Å². The summed E-state index contributed by atoms with van der Waals surface area (Å²) in [5.74, 6) is 0.401. The van der Waals surface area contributed by atoms with E-state index < -0.39 is 0 Å². The van der Waals surface area contributed by atoms with Gasteiger partial charge in [-0.25, -0.2) is 4.98 Å². The number of anilines is 1. The fourth-order valence-electron chi connectivity index (χ4n) is 3.02. The summed E-state index contributed by atoms with van der Waals surface area (Å²) < 4.78 is 0. The summed E-state index contributed by atoms with van der Waals surface area (Å²) >= 11 is 0. The number of pyridine rings is 1. The molecule has 25 heavy (non-hydrogen) atoms. The van der Waals surface area contributed by atoms with Crippen LogP contribution in [0.3, 0.4) is 0 Å². The lowest BCUT2D eigenvalue weighted by molar-refractivity contribution is -0.126. The number of H-pyrrole nitrogens is 1. The fraction of sp³-hybridized carbons (Fsp3) is 0.200. The number of nitrogens with zero attached hydrogens (tertiary/aromatic N) is 2. The molecule has 0 aliphatic rings. The summed E-state index contributed by atoms with van der Waals surface area (Å²) in [5, 5.41) is 1.15. The van der Waals surface area contributed by atoms with Crippen molar-refractivity contribution in [3.05, 3.63) is 65.5 Å². The van der Waals surface area contributed by atoms with E-state index in [0.717, 1.165) is 27.7 Å². The van der Waals surface area contributed by atoms with Crippen LogP contribution in [0.4, 0.5) is 5.82 Å². The van der Waals surface area contributed by atoms with Gasteiger partial charge in [-0.1, -0.05) is 18.2 Å². The number of nitrogen functional groups attached to an aromatic ring is 1. The molecule has 0 saturated heterocycles. The zero-order valence-electron chi connectivity index (χ0n) is 14.7. The first-order valence-corrected chi connectivity index (χ1v) is 8.21. The first-order valence-electron chi connectivity index (χ1n) is 8.21. The van der Waals surface area contributed by atoms with Crippen molar-refractivity contribution in [3.8, 4) is 0 Å². The SMILES string of the molecule is Cc1[nH]c2ccccc2c1C(C)N(C)C(=O)/C=C/c1ccc(N)nc1. The molecule has 0 spiro atoms. The molecule has 1 aromatic carbocycles. The number of likely N-dealkylation sites (N-methyl/N-ethyl adjacent to an activating group) is 1. The average Bonchev–Trinajstić information content (AvgIpc) is 2.95. The number of fused-ring (bicyclic) bond motifs is 1. The molecule has 3 N–H and O–H groups in total. The van der Waals surface area contributed by atoms with Gasteiger partial charge in [-0.3, -0.25) is 4.79 Å². The number of amides is 1. The lowest BCUT2D eigenvalue weighted by Crippen LogP contribution is -2.28. The number of aromatic nitrogens is 2. The molecule has 5 heteroatoms. The number of nitrogens with one attached hydrogen (secondary N) is 1. The van der Waals surface area contributed by atoms with Crippen molar-refractivity contribution in [2.45, 2.75) is 19.9 Å². The molecule has 0 saturated carbocycles. The van der Waals surface area contributed by atoms with Gasteiger partial charge in [-0.05, 0) is 43.7 Å². The van der Waals surface area contributed by atoms with Crippen molar-refractivity contribution >= 4 is 28.7 Å². The van der Waals surface area contributed by atoms with Crippen LogP contribution in [0.25, 0.3) is 17.0 Å². The Labute approximate surface area is 147 Å². The molecule has 3 aromatic rings. The molecule has 0 radical (unpaired) electrons. The molecule has 2 aromatic heterocycles. The van der Waals surface area contributed by atoms with E-state index in [1.165, 1.54) is 0 Å². The number of para-hydroxylation sites is 1. The van der Waals surface area contributed by atoms with Crippen LogP contribution < -0.4 is 5.73 Å². The molecular formula is C20H22N4O. The minimum absolute atomic E-state index is 0.0437. The average molecular weight is 334 g/mol. The van der Waals surface area contributed by atoms with Crippen LogP contribution in [0.2, 0.25) is 0 Å². The van der Waals surface area contributed by atoms with Crippen LogP contribution in [-0.4, -0.2) is 27.8 Å². The smallest absolute Gasteiger partial charge is 0.246 e. The van der Waals surface area contributed by atoms with Gasteiger partial charge in [-0.2, -0.15) is 0 Å². The molecule has 0 aliphatic heterocycles. The van der Waals surface area contributed by atoms with Gasteiger partial charge in [0, 0.05) is 41.5 Å². The Balaban J connectivity index is 1.81. The molecule has 1 unspecified atom stereocenters. The molecule has 1 atom stereocenters. The highest BCUT2D eigenvalue weighted by Crippen LogP contribution is 2.30. The van der Waals surface area contributed by atoms with Crippen molar-refractivity contribution in [3.63, 3.8) is 0 Å². The number of aryl methyl sites for hydroxylation is 1. The van der Waals surface area contributed by atoms with Crippen LogP contribution in [0.15, 0.2) is 48.7 Å². The van der Waals surface area contributed by atoms with Gasteiger partial charge in [-0.15, -0.1) is 0 Å². The van der Waals surface area contributed by atoms with Gasteiger partial charge in [0.15, 0.2) is 0 Å². The predicted octanol–water partition coefficient (Wildman–Crippen LogP) is 3.69. The van der Waals surface area contributed by atoms with E-state index in [9.17, 15) is 4.79 Å². The Morgan fingerprint density at radius 1 is 1.28 bits per heavy atom. The van der Waals surface area contributed by atoms with E-state index in [2.05, 4.69) is 16.0 Å². The quantitative estimate of drug-likeness (QED) is 0.715. The van der Waals surface area contributed by atoms with Crippen molar-refractivity contribution < 1.29 is 4.79 Å². The largest absolute Gasteiger partial charge is 0.384 e. The van der Waals surface area contributed by atoms with Gasteiger partial charge in [0.05, 0.1) is 6.04 Å². The molecule has 0 bridgehead atoms. The summed E-state index contributed by atoms with van der Waals surface area (Å²) in [5.41, 5.74) is 9.73. The van der Waals surface area contributed by atoms with Crippen molar-refractivity contribution in [2.24, 2.45) is 0 Å². The Hall–Kier alpha value is -3.08. The van der Waals surface area contributed by atoms with Crippen LogP contribution in [0, 0.1) is 6.92 Å². The Morgan fingerprint density at radius 3 is 2.76 bits per heavy atom. The molecule has 5 nitrogen and oxygen atoms in total. The maximum Gasteiger partial charge on any atom is 0.246 e. The van der Waals surface area contributed by atoms with Crippen molar-refractivity contribution in [2.75, 3.05) is 12.8 Å². The van der Waals surface area contributed by atoms with Crippen LogP contribution in [0.1, 0.15) is 29.8 Å². The monoisotopic (exact) mass is 334 g/mol. The zero-order chi connectivity index (χ0) is 18.0. The first-order chi connectivity index (χ1) is 12.0. The summed E-state index contributed by atoms with van der Waals surface area (Å²) in [4.78, 5) is 21.7. The Bertz CT molecular complexity index is 925. The number of hydrogen-bond acceptors (Lipinski definition) is 3. The van der Waals surface area contributed by atoms with Gasteiger partial charge in [0.1, 0.15) is 5.82 Å². The second-order valence-electron chi connectivity index (χ2n) is 6.18. The van der Waals surface area contributed by atoms with E-state index in [-0.39, 0.29) is 11.9 Å². The number of rotatable bonds is 4. The van der Waals surface area contributed by atoms with Gasteiger partial charge in [0.2, 0.25) is 5.91 Å². The van der Waals surface area contributed by atoms with E-state index in [1.54, 1.807) is 29.3 Å². The normalized spacial score (nSPS) is 12.6. The summed E-state index contributed by atoms with van der Waals surface area (Å²) in [7, 11) is 1.82. The van der Waals surface area contributed by atoms with Crippen LogP contribution >= 0.6 is 0 Å². The third-order valence-corrected chi connectivity index (χ3v) is 4.52. The number of nitrogens with two attached hydrogens (primary N) is 1. The molecule has 2 heterocycles. The van der Waals surface area contributed by atoms with Gasteiger partial charge < -0.3 is 15.6 Å². The maximum atomic E-state index is 12.6. The molecule has 0 fully saturated rings. The highest BCUT2D eigenvalue weighted by atomic mass is 16.2. The lowest BCUT2D eigenvalue weighted by Gasteiger charge is -2.24. The number of carbonyl (C=O) groups excluding carboxylic acids is 1. The topological polar surface area (TPSA) is 75.0 Å². The van der Waals surface area contributed by atoms with Crippen molar-refractivity contribution in [1.29, 1.82) is 0 Å². The number of hydrogen-bond donors (Lipinski definition) is 2. The summed E-state index contributed by atoms with van der Waals surface area (Å²) in [6.07, 6.45) is 4.96. The van der Waals surface area contributed by atoms with Crippen LogP contribution in [-0.2, 0) is 4.79 Å². The molecule has 1 amide bonds. The zero-order valence-corrected chi connectivity index (χ0v) is 14.7. The second kappa shape index (κ2) is 6.81. The molecule has 128 valence electrons. The number of carbonyl (C=O) groups is 1. The molecular weight excluding hydrogens is 312 g/mol. The van der Waals surface area contributed by atoms with E-state index in [4.69, 9.17) is 5.73 Å². The Kier molecular flexibility index (Phi) is 4.57. The predicted molar refractivity (Wildman–Crippen MR) is 102 cm³/mol. The lowest BCUT2D eigenvalue weighted by atomic mass is 10.0. The highest BCUT2D eigenvalue weighted by Gasteiger charge is 2.20. The third-order valence-electron chi connectivity index (χ3n) is 4.52.